The highest BCUT2D eigenvalue weighted by Crippen LogP contribution is 2.39. The summed E-state index contributed by atoms with van der Waals surface area (Å²) in [5.41, 5.74) is 3.20. The number of hydrogen-bond acceptors (Lipinski definition) is 5. The van der Waals surface area contributed by atoms with Gasteiger partial charge in [0.2, 0.25) is 0 Å². The minimum absolute atomic E-state index is 0.0686. The standard InChI is InChI=1S/C32H27F4N3O4/c33-25-15-19(9-14-29(25)43-32(34,35)36)17-39-28-13-12-22(42-18-21-11-10-20-5-1-4-8-26(20)37-21)16-27(28)38-30(39)23-6-2-3-7-24(23)31(40)41/h1,4-5,8-16,23-24H,2-3,6-7,17-18H2,(H,40,41). The number of pyridine rings is 1. The van der Waals surface area contributed by atoms with Crippen molar-refractivity contribution >= 4 is 27.9 Å². The maximum Gasteiger partial charge on any atom is 0.573 e. The molecule has 2 heterocycles. The molecule has 2 aromatic heterocycles. The number of carboxylic acid groups (broad SMARTS) is 1. The van der Waals surface area contributed by atoms with Crippen LogP contribution >= 0.6 is 0 Å². The Morgan fingerprint density at radius 2 is 1.77 bits per heavy atom. The maximum absolute atomic E-state index is 14.6. The van der Waals surface area contributed by atoms with Crippen LogP contribution in [0.1, 0.15) is 48.7 Å². The van der Waals surface area contributed by atoms with Crippen molar-refractivity contribution in [2.75, 3.05) is 0 Å². The van der Waals surface area contributed by atoms with Crippen molar-refractivity contribution in [3.05, 3.63) is 95.7 Å². The van der Waals surface area contributed by atoms with Crippen molar-refractivity contribution < 1.29 is 36.9 Å². The Morgan fingerprint density at radius 1 is 0.953 bits per heavy atom. The Balaban J connectivity index is 1.33. The number of carbonyl (C=O) groups is 1. The molecular weight excluding hydrogens is 566 g/mol. The van der Waals surface area contributed by atoms with Gasteiger partial charge in [0.05, 0.1) is 28.2 Å². The van der Waals surface area contributed by atoms with Crippen LogP contribution in [0.25, 0.3) is 21.9 Å². The summed E-state index contributed by atoms with van der Waals surface area (Å²) < 4.78 is 64.1. The summed E-state index contributed by atoms with van der Waals surface area (Å²) in [6.45, 7) is 0.290. The molecule has 11 heteroatoms. The van der Waals surface area contributed by atoms with Crippen molar-refractivity contribution in [2.24, 2.45) is 5.92 Å². The van der Waals surface area contributed by atoms with Gasteiger partial charge in [0, 0.05) is 23.9 Å². The lowest BCUT2D eigenvalue weighted by atomic mass is 9.78. The summed E-state index contributed by atoms with van der Waals surface area (Å²) in [6.07, 6.45) is -2.27. The van der Waals surface area contributed by atoms with Gasteiger partial charge < -0.3 is 19.1 Å². The van der Waals surface area contributed by atoms with E-state index in [0.29, 0.717) is 41.0 Å². The van der Waals surface area contributed by atoms with Crippen LogP contribution in [0.15, 0.2) is 72.8 Å². The number of para-hydroxylation sites is 1. The van der Waals surface area contributed by atoms with Crippen molar-refractivity contribution in [1.82, 2.24) is 14.5 Å². The number of aliphatic carboxylic acids is 1. The van der Waals surface area contributed by atoms with Crippen LogP contribution in [-0.2, 0) is 17.9 Å². The van der Waals surface area contributed by atoms with Crippen LogP contribution in [0, 0.1) is 11.7 Å². The Bertz CT molecular complexity index is 1800. The van der Waals surface area contributed by atoms with Crippen LogP contribution in [0.4, 0.5) is 17.6 Å². The van der Waals surface area contributed by atoms with E-state index < -0.39 is 29.8 Å². The molecule has 2 unspecified atom stereocenters. The SMILES string of the molecule is O=C(O)C1CCCCC1c1nc2cc(OCc3ccc4ccccc4n3)ccc2n1Cc1ccc(OC(F)(F)F)c(F)c1. The van der Waals surface area contributed by atoms with E-state index in [1.54, 1.807) is 18.2 Å². The third-order valence-corrected chi connectivity index (χ3v) is 7.77. The van der Waals surface area contributed by atoms with Crippen LogP contribution in [-0.4, -0.2) is 32.0 Å². The summed E-state index contributed by atoms with van der Waals surface area (Å²) in [6, 6.07) is 20.2. The first-order valence-electron chi connectivity index (χ1n) is 13.9. The summed E-state index contributed by atoms with van der Waals surface area (Å²) in [7, 11) is 0. The number of ether oxygens (including phenoxy) is 2. The number of halogens is 4. The fraction of sp³-hybridized carbons (Fsp3) is 0.281. The van der Waals surface area contributed by atoms with E-state index in [1.165, 1.54) is 6.07 Å². The molecule has 6 rings (SSSR count). The highest BCUT2D eigenvalue weighted by Gasteiger charge is 2.36. The first kappa shape index (κ1) is 28.4. The largest absolute Gasteiger partial charge is 0.573 e. The van der Waals surface area contributed by atoms with Crippen LogP contribution in [0.5, 0.6) is 11.5 Å². The number of rotatable bonds is 8. The minimum atomic E-state index is -5.02. The molecule has 1 fully saturated rings. The van der Waals surface area contributed by atoms with Gasteiger partial charge in [-0.3, -0.25) is 4.79 Å². The second-order valence-electron chi connectivity index (χ2n) is 10.6. The molecule has 2 atom stereocenters. The summed E-state index contributed by atoms with van der Waals surface area (Å²) in [5.74, 6) is -2.94. The molecule has 0 spiro atoms. The number of hydrogen-bond donors (Lipinski definition) is 1. The summed E-state index contributed by atoms with van der Waals surface area (Å²) >= 11 is 0. The van der Waals surface area contributed by atoms with E-state index in [1.807, 2.05) is 41.0 Å². The van der Waals surface area contributed by atoms with E-state index in [4.69, 9.17) is 9.72 Å². The Labute approximate surface area is 243 Å². The molecule has 43 heavy (non-hydrogen) atoms. The molecule has 0 aliphatic heterocycles. The van der Waals surface area contributed by atoms with Crippen LogP contribution < -0.4 is 9.47 Å². The predicted octanol–water partition coefficient (Wildman–Crippen LogP) is 7.61. The quantitative estimate of drug-likeness (QED) is 0.187. The van der Waals surface area contributed by atoms with Crippen molar-refractivity contribution in [3.63, 3.8) is 0 Å². The highest BCUT2D eigenvalue weighted by molar-refractivity contribution is 5.79. The highest BCUT2D eigenvalue weighted by atomic mass is 19.4. The van der Waals surface area contributed by atoms with Crippen molar-refractivity contribution in [2.45, 2.75) is 51.1 Å². The van der Waals surface area contributed by atoms with Gasteiger partial charge >= 0.3 is 12.3 Å². The smallest absolute Gasteiger partial charge is 0.487 e. The van der Waals surface area contributed by atoms with Crippen LogP contribution in [0.3, 0.4) is 0 Å². The van der Waals surface area contributed by atoms with Gasteiger partial charge in [-0.1, -0.05) is 43.2 Å². The van der Waals surface area contributed by atoms with E-state index in [2.05, 4.69) is 9.72 Å². The number of aromatic nitrogens is 3. The third kappa shape index (κ3) is 6.25. The number of nitrogens with zero attached hydrogens (tertiary/aromatic N) is 3. The second kappa shape index (κ2) is 11.5. The number of imidazole rings is 1. The van der Waals surface area contributed by atoms with E-state index in [9.17, 15) is 27.5 Å². The normalized spacial score (nSPS) is 17.3. The van der Waals surface area contributed by atoms with Crippen molar-refractivity contribution in [1.29, 1.82) is 0 Å². The van der Waals surface area contributed by atoms with E-state index in [0.717, 1.165) is 41.6 Å². The zero-order valence-electron chi connectivity index (χ0n) is 22.9. The molecule has 1 aliphatic rings. The first-order chi connectivity index (χ1) is 20.6. The van der Waals surface area contributed by atoms with Gasteiger partial charge in [-0.25, -0.2) is 14.4 Å². The lowest BCUT2D eigenvalue weighted by Gasteiger charge is -2.28. The third-order valence-electron chi connectivity index (χ3n) is 7.77. The lowest BCUT2D eigenvalue weighted by molar-refractivity contribution is -0.275. The zero-order chi connectivity index (χ0) is 30.1. The topological polar surface area (TPSA) is 86.5 Å². The summed E-state index contributed by atoms with van der Waals surface area (Å²) in [4.78, 5) is 21.6. The van der Waals surface area contributed by atoms with Gasteiger partial charge in [0.15, 0.2) is 11.6 Å². The average Bonchev–Trinajstić information content (AvgIpc) is 3.34. The molecule has 0 saturated heterocycles. The van der Waals surface area contributed by atoms with Gasteiger partial charge in [0.1, 0.15) is 18.2 Å². The van der Waals surface area contributed by atoms with E-state index in [-0.39, 0.29) is 19.1 Å². The van der Waals surface area contributed by atoms with E-state index >= 15 is 0 Å². The molecule has 3 aromatic carbocycles. The number of alkyl halides is 3. The molecular formula is C32H27F4N3O4. The Kier molecular flexibility index (Phi) is 7.64. The second-order valence-corrected chi connectivity index (χ2v) is 10.6. The van der Waals surface area contributed by atoms with Gasteiger partial charge in [0.25, 0.3) is 0 Å². The number of fused-ring (bicyclic) bond motifs is 2. The van der Waals surface area contributed by atoms with Crippen molar-refractivity contribution in [3.8, 4) is 11.5 Å². The molecule has 0 radical (unpaired) electrons. The molecule has 0 bridgehead atoms. The Hall–Kier alpha value is -4.67. The first-order valence-corrected chi connectivity index (χ1v) is 13.9. The number of carboxylic acids is 1. The molecule has 7 nitrogen and oxygen atoms in total. The zero-order valence-corrected chi connectivity index (χ0v) is 22.9. The fourth-order valence-electron chi connectivity index (χ4n) is 5.78. The minimum Gasteiger partial charge on any atom is -0.487 e. The molecule has 1 N–H and O–H groups in total. The monoisotopic (exact) mass is 593 g/mol. The molecule has 5 aromatic rings. The predicted molar refractivity (Wildman–Crippen MR) is 150 cm³/mol. The van der Waals surface area contributed by atoms with Gasteiger partial charge in [-0.05, 0) is 54.8 Å². The van der Waals surface area contributed by atoms with Crippen LogP contribution in [0.2, 0.25) is 0 Å². The van der Waals surface area contributed by atoms with Gasteiger partial charge in [-0.2, -0.15) is 0 Å². The average molecular weight is 594 g/mol. The summed E-state index contributed by atoms with van der Waals surface area (Å²) in [5, 5.41) is 11.0. The Morgan fingerprint density at radius 3 is 2.56 bits per heavy atom. The maximum atomic E-state index is 14.6. The van der Waals surface area contributed by atoms with Gasteiger partial charge in [-0.15, -0.1) is 13.2 Å². The number of benzene rings is 3. The molecule has 1 aliphatic carbocycles. The fourth-order valence-corrected chi connectivity index (χ4v) is 5.78. The molecule has 1 saturated carbocycles. The molecule has 0 amide bonds. The lowest BCUT2D eigenvalue weighted by Crippen LogP contribution is -2.27. The molecule has 222 valence electrons.